The number of thiol groups is 1. The van der Waals surface area contributed by atoms with Crippen LogP contribution >= 0.6 is 12.6 Å². The number of Topliss-reactive ketones (excluding diaryl/α,β-unsaturated/α-hetero) is 1. The van der Waals surface area contributed by atoms with Crippen LogP contribution in [0, 0.1) is 0 Å². The molecule has 1 unspecified atom stereocenters. The molecule has 0 radical (unpaired) electrons. The molecule has 1 aliphatic rings. The molecule has 11 heavy (non-hydrogen) atoms. The maximum atomic E-state index is 10.7. The number of aliphatic hydroxyl groups excluding tert-OH is 1. The first kappa shape index (κ1) is 10.4. The van der Waals surface area contributed by atoms with E-state index in [1.807, 2.05) is 0 Å². The molecule has 0 saturated heterocycles. The molecule has 3 nitrogen and oxygen atoms in total. The fourth-order valence-corrected chi connectivity index (χ4v) is 0.741. The minimum Gasteiger partial charge on any atom is -0.502 e. The van der Waals surface area contributed by atoms with Crippen LogP contribution in [0.1, 0.15) is 13.8 Å². The van der Waals surface area contributed by atoms with E-state index in [-0.39, 0.29) is 11.5 Å². The Hall–Kier alpha value is -0.640. The van der Waals surface area contributed by atoms with Gasteiger partial charge in [0.25, 0.3) is 0 Å². The summed E-state index contributed by atoms with van der Waals surface area (Å²) in [6.07, 6.45) is 1.20. The summed E-state index contributed by atoms with van der Waals surface area (Å²) >= 11 is 3.53. The molecule has 0 saturated carbocycles. The second-order valence-corrected chi connectivity index (χ2v) is 2.03. The molecule has 1 heterocycles. The zero-order valence-electron chi connectivity index (χ0n) is 6.79. The van der Waals surface area contributed by atoms with Crippen molar-refractivity contribution in [2.75, 3.05) is 6.26 Å². The number of hydrogen-bond donors (Lipinski definition) is 2. The van der Waals surface area contributed by atoms with Crippen LogP contribution in [0.25, 0.3) is 0 Å². The summed E-state index contributed by atoms with van der Waals surface area (Å²) < 4.78 is 4.87. The van der Waals surface area contributed by atoms with E-state index in [2.05, 4.69) is 12.6 Å². The van der Waals surface area contributed by atoms with Crippen LogP contribution in [0.4, 0.5) is 0 Å². The number of rotatable bonds is 0. The van der Waals surface area contributed by atoms with E-state index in [9.17, 15) is 4.79 Å². The van der Waals surface area contributed by atoms with Crippen molar-refractivity contribution in [1.82, 2.24) is 0 Å². The average molecular weight is 176 g/mol. The molecule has 4 heteroatoms. The first-order valence-electron chi connectivity index (χ1n) is 3.18. The summed E-state index contributed by atoms with van der Waals surface area (Å²) in [6.45, 7) is 3.17. The average Bonchev–Trinajstić information content (AvgIpc) is 2.22. The summed E-state index contributed by atoms with van der Waals surface area (Å²) in [7, 11) is 0. The lowest BCUT2D eigenvalue weighted by molar-refractivity contribution is -0.122. The predicted octanol–water partition coefficient (Wildman–Crippen LogP) is 1.31. The highest BCUT2D eigenvalue weighted by Crippen LogP contribution is 2.17. The molecule has 64 valence electrons. The maximum Gasteiger partial charge on any atom is 0.240 e. The van der Waals surface area contributed by atoms with Crippen LogP contribution in [0.3, 0.4) is 0 Å². The van der Waals surface area contributed by atoms with Gasteiger partial charge < -0.3 is 9.84 Å². The first-order chi connectivity index (χ1) is 5.13. The molecule has 0 aromatic rings. The van der Waals surface area contributed by atoms with Crippen molar-refractivity contribution in [2.45, 2.75) is 20.0 Å². The van der Waals surface area contributed by atoms with Crippen molar-refractivity contribution in [3.63, 3.8) is 0 Å². The van der Waals surface area contributed by atoms with Crippen molar-refractivity contribution >= 4 is 18.4 Å². The zero-order chi connectivity index (χ0) is 9.02. The molecule has 0 amide bonds. The van der Waals surface area contributed by atoms with Crippen LogP contribution < -0.4 is 0 Å². The number of allylic oxidation sites excluding steroid dienone is 1. The number of hydrogen-bond acceptors (Lipinski definition) is 4. The summed E-state index contributed by atoms with van der Waals surface area (Å²) in [5.74, 6) is -0.234. The van der Waals surface area contributed by atoms with Crippen LogP contribution in [0.2, 0.25) is 0 Å². The normalized spacial score (nSPS) is 22.5. The molecular weight excluding hydrogens is 164 g/mol. The Bertz CT molecular complexity index is 186. The van der Waals surface area contributed by atoms with Crippen molar-refractivity contribution in [1.29, 1.82) is 0 Å². The van der Waals surface area contributed by atoms with E-state index in [0.29, 0.717) is 5.76 Å². The molecule has 0 aliphatic carbocycles. The number of ketones is 1. The first-order valence-corrected chi connectivity index (χ1v) is 4.08. The van der Waals surface area contributed by atoms with Gasteiger partial charge in [0.2, 0.25) is 11.5 Å². The van der Waals surface area contributed by atoms with Gasteiger partial charge in [0.1, 0.15) is 5.76 Å². The van der Waals surface area contributed by atoms with Gasteiger partial charge in [0, 0.05) is 0 Å². The predicted molar refractivity (Wildman–Crippen MR) is 45.8 cm³/mol. The van der Waals surface area contributed by atoms with E-state index in [1.165, 1.54) is 0 Å². The number of aliphatic hydroxyl groups is 1. The van der Waals surface area contributed by atoms with E-state index < -0.39 is 6.10 Å². The van der Waals surface area contributed by atoms with Crippen molar-refractivity contribution in [3.05, 3.63) is 11.5 Å². The lowest BCUT2D eigenvalue weighted by Crippen LogP contribution is -2.12. The van der Waals surface area contributed by atoms with Crippen LogP contribution in [-0.4, -0.2) is 23.2 Å². The van der Waals surface area contributed by atoms with Gasteiger partial charge in [-0.15, -0.1) is 0 Å². The molecule has 0 aromatic heterocycles. The number of carbonyl (C=O) groups is 1. The van der Waals surface area contributed by atoms with Gasteiger partial charge in [-0.05, 0) is 20.1 Å². The molecule has 0 spiro atoms. The highest BCUT2D eigenvalue weighted by atomic mass is 32.1. The third kappa shape index (κ3) is 2.15. The Kier molecular flexibility index (Phi) is 4.03. The molecule has 1 N–H and O–H groups in total. The Morgan fingerprint density at radius 3 is 2.09 bits per heavy atom. The largest absolute Gasteiger partial charge is 0.502 e. The van der Waals surface area contributed by atoms with Gasteiger partial charge in [-0.3, -0.25) is 4.79 Å². The van der Waals surface area contributed by atoms with Gasteiger partial charge >= 0.3 is 0 Å². The van der Waals surface area contributed by atoms with Crippen molar-refractivity contribution in [3.8, 4) is 0 Å². The molecule has 0 bridgehead atoms. The van der Waals surface area contributed by atoms with Crippen LogP contribution in [0.15, 0.2) is 11.5 Å². The zero-order valence-corrected chi connectivity index (χ0v) is 7.68. The van der Waals surface area contributed by atoms with Crippen molar-refractivity contribution in [2.24, 2.45) is 0 Å². The van der Waals surface area contributed by atoms with Crippen LogP contribution in [0.5, 0.6) is 0 Å². The third-order valence-corrected chi connectivity index (χ3v) is 1.29. The second-order valence-electron chi connectivity index (χ2n) is 2.03. The monoisotopic (exact) mass is 176 g/mol. The molecule has 1 atom stereocenters. The van der Waals surface area contributed by atoms with E-state index in [1.54, 1.807) is 20.1 Å². The van der Waals surface area contributed by atoms with Gasteiger partial charge in [0.05, 0.1) is 0 Å². The van der Waals surface area contributed by atoms with Gasteiger partial charge in [0.15, 0.2) is 6.10 Å². The smallest absolute Gasteiger partial charge is 0.240 e. The van der Waals surface area contributed by atoms with Crippen LogP contribution in [-0.2, 0) is 9.53 Å². The lowest BCUT2D eigenvalue weighted by Gasteiger charge is -1.99. The minimum absolute atomic E-state index is 0.234. The summed E-state index contributed by atoms with van der Waals surface area (Å²) in [4.78, 5) is 10.7. The molecular formula is C7H12O3S. The highest BCUT2D eigenvalue weighted by Gasteiger charge is 2.28. The highest BCUT2D eigenvalue weighted by molar-refractivity contribution is 7.79. The summed E-state index contributed by atoms with van der Waals surface area (Å²) in [6, 6.07) is 0. The second kappa shape index (κ2) is 4.28. The molecule has 1 aliphatic heterocycles. The maximum absolute atomic E-state index is 10.7. The fourth-order valence-electron chi connectivity index (χ4n) is 0.741. The van der Waals surface area contributed by atoms with Gasteiger partial charge in [-0.2, -0.15) is 12.6 Å². The van der Waals surface area contributed by atoms with E-state index >= 15 is 0 Å². The quantitative estimate of drug-likeness (QED) is 0.547. The topological polar surface area (TPSA) is 46.5 Å². The van der Waals surface area contributed by atoms with Gasteiger partial charge in [-0.1, -0.05) is 0 Å². The standard InChI is InChI=1S/C6H8O3.CH4S/c1-3-5(7)6(8)4(2)9-3;1-2/h3,8H,1-2H3;2H,1H3. The Balaban J connectivity index is 0.000000461. The van der Waals surface area contributed by atoms with Crippen molar-refractivity contribution < 1.29 is 14.6 Å². The molecule has 0 aromatic carbocycles. The lowest BCUT2D eigenvalue weighted by atomic mass is 10.2. The summed E-state index contributed by atoms with van der Waals surface area (Å²) in [5.41, 5.74) is 0. The van der Waals surface area contributed by atoms with Gasteiger partial charge in [-0.25, -0.2) is 0 Å². The number of ether oxygens (including phenoxy) is 1. The Morgan fingerprint density at radius 2 is 2.00 bits per heavy atom. The van der Waals surface area contributed by atoms with E-state index in [0.717, 1.165) is 0 Å². The fraction of sp³-hybridized carbons (Fsp3) is 0.571. The number of carbonyl (C=O) groups excluding carboxylic acids is 1. The third-order valence-electron chi connectivity index (χ3n) is 1.29. The SMILES string of the molecule is CC1=C(O)C(=O)C(C)O1.CS. The Labute approximate surface area is 71.5 Å². The molecule has 1 rings (SSSR count). The summed E-state index contributed by atoms with van der Waals surface area (Å²) in [5, 5.41) is 8.84. The molecule has 0 fully saturated rings. The van der Waals surface area contributed by atoms with E-state index in [4.69, 9.17) is 9.84 Å². The minimum atomic E-state index is -0.495. The Morgan fingerprint density at radius 1 is 1.55 bits per heavy atom.